The lowest BCUT2D eigenvalue weighted by Gasteiger charge is -2.05. The zero-order valence-corrected chi connectivity index (χ0v) is 14.8. The third-order valence-electron chi connectivity index (χ3n) is 3.66. The Hall–Kier alpha value is -3.12. The van der Waals surface area contributed by atoms with Gasteiger partial charge in [0.05, 0.1) is 12.1 Å². The number of halogens is 2. The first-order valence-corrected chi connectivity index (χ1v) is 8.43. The molecule has 0 atom stereocenters. The summed E-state index contributed by atoms with van der Waals surface area (Å²) in [6, 6.07) is 15.6. The maximum atomic E-state index is 12.8. The molecule has 3 aromatic rings. The second-order valence-electron chi connectivity index (χ2n) is 5.63. The number of benzene rings is 2. The first kappa shape index (κ1) is 18.7. The van der Waals surface area contributed by atoms with Crippen LogP contribution in [0.1, 0.15) is 16.1 Å². The van der Waals surface area contributed by atoms with Gasteiger partial charge in [0.25, 0.3) is 5.91 Å². The van der Waals surface area contributed by atoms with Crippen LogP contribution in [0.25, 0.3) is 11.3 Å². The van der Waals surface area contributed by atoms with Crippen molar-refractivity contribution in [3.63, 3.8) is 0 Å². The molecular formula is C20H15ClFNO4. The summed E-state index contributed by atoms with van der Waals surface area (Å²) < 4.78 is 23.4. The van der Waals surface area contributed by atoms with E-state index in [1.807, 2.05) is 12.1 Å². The molecule has 0 saturated heterocycles. The number of furan rings is 1. The topological polar surface area (TPSA) is 68.5 Å². The number of carbonyl (C=O) groups excluding carboxylic acids is 2. The Morgan fingerprint density at radius 3 is 2.41 bits per heavy atom. The van der Waals surface area contributed by atoms with Crippen LogP contribution in [0.15, 0.2) is 65.1 Å². The van der Waals surface area contributed by atoms with Crippen LogP contribution in [-0.2, 0) is 16.1 Å². The fourth-order valence-corrected chi connectivity index (χ4v) is 2.41. The van der Waals surface area contributed by atoms with E-state index in [0.29, 0.717) is 16.5 Å². The molecule has 0 unspecified atom stereocenters. The molecule has 0 fully saturated rings. The van der Waals surface area contributed by atoms with Crippen LogP contribution >= 0.6 is 11.6 Å². The fraction of sp³-hybridized carbons (Fsp3) is 0.100. The number of nitrogens with one attached hydrogen (secondary N) is 1. The number of esters is 1. The molecule has 0 aliphatic heterocycles. The van der Waals surface area contributed by atoms with Gasteiger partial charge in [-0.15, -0.1) is 0 Å². The molecule has 2 aromatic carbocycles. The average Bonchev–Trinajstić information content (AvgIpc) is 3.14. The van der Waals surface area contributed by atoms with Crippen molar-refractivity contribution in [3.8, 4) is 11.3 Å². The Balaban J connectivity index is 1.47. The van der Waals surface area contributed by atoms with Crippen molar-refractivity contribution in [2.45, 2.75) is 6.54 Å². The zero-order chi connectivity index (χ0) is 19.2. The number of hydrogen-bond acceptors (Lipinski definition) is 4. The quantitative estimate of drug-likeness (QED) is 0.643. The summed E-state index contributed by atoms with van der Waals surface area (Å²) in [5, 5.41) is 3.23. The van der Waals surface area contributed by atoms with E-state index in [2.05, 4.69) is 5.32 Å². The second-order valence-corrected chi connectivity index (χ2v) is 6.07. The third-order valence-corrected chi connectivity index (χ3v) is 3.92. The minimum Gasteiger partial charge on any atom is -0.459 e. The van der Waals surface area contributed by atoms with Gasteiger partial charge in [0.2, 0.25) is 0 Å². The Bertz CT molecular complexity index is 935. The number of amides is 1. The van der Waals surface area contributed by atoms with Gasteiger partial charge in [-0.25, -0.2) is 9.18 Å². The number of carbonyl (C=O) groups is 2. The van der Waals surface area contributed by atoms with Gasteiger partial charge >= 0.3 is 5.97 Å². The molecule has 1 aromatic heterocycles. The van der Waals surface area contributed by atoms with Crippen LogP contribution in [0.4, 0.5) is 4.39 Å². The molecule has 1 N–H and O–H groups in total. The molecule has 0 bridgehead atoms. The molecule has 0 saturated carbocycles. The molecule has 1 heterocycles. The van der Waals surface area contributed by atoms with E-state index in [1.165, 1.54) is 12.1 Å². The Labute approximate surface area is 159 Å². The minimum atomic E-state index is -0.701. The summed E-state index contributed by atoms with van der Waals surface area (Å²) in [7, 11) is 0. The summed E-state index contributed by atoms with van der Waals surface area (Å²) in [5.74, 6) is -0.430. The molecule has 1 amide bonds. The van der Waals surface area contributed by atoms with Crippen molar-refractivity contribution < 1.29 is 23.1 Å². The van der Waals surface area contributed by atoms with E-state index < -0.39 is 24.3 Å². The van der Waals surface area contributed by atoms with Gasteiger partial charge in [0.15, 0.2) is 6.61 Å². The van der Waals surface area contributed by atoms with Crippen LogP contribution in [0, 0.1) is 5.82 Å². The number of hydrogen-bond donors (Lipinski definition) is 1. The van der Waals surface area contributed by atoms with Crippen molar-refractivity contribution >= 4 is 23.5 Å². The summed E-state index contributed by atoms with van der Waals surface area (Å²) in [6.45, 7) is -0.290. The Morgan fingerprint density at radius 2 is 1.70 bits per heavy atom. The third kappa shape index (κ3) is 5.18. The highest BCUT2D eigenvalue weighted by Gasteiger charge is 2.11. The molecular weight excluding hydrogens is 373 g/mol. The van der Waals surface area contributed by atoms with Gasteiger partial charge in [0.1, 0.15) is 17.3 Å². The molecule has 138 valence electrons. The summed E-state index contributed by atoms with van der Waals surface area (Å²) in [4.78, 5) is 23.6. The predicted octanol–water partition coefficient (Wildman–Crippen LogP) is 4.21. The number of rotatable bonds is 6. The number of ether oxygens (including phenoxy) is 1. The van der Waals surface area contributed by atoms with Gasteiger partial charge < -0.3 is 14.5 Å². The van der Waals surface area contributed by atoms with Crippen LogP contribution < -0.4 is 5.32 Å². The van der Waals surface area contributed by atoms with Crippen LogP contribution in [0.3, 0.4) is 0 Å². The van der Waals surface area contributed by atoms with Crippen molar-refractivity contribution in [1.82, 2.24) is 5.32 Å². The van der Waals surface area contributed by atoms with E-state index in [-0.39, 0.29) is 12.1 Å². The van der Waals surface area contributed by atoms with E-state index in [0.717, 1.165) is 17.7 Å². The van der Waals surface area contributed by atoms with E-state index in [9.17, 15) is 14.0 Å². The molecule has 0 spiro atoms. The summed E-state index contributed by atoms with van der Waals surface area (Å²) in [6.07, 6.45) is 0. The van der Waals surface area contributed by atoms with E-state index in [1.54, 1.807) is 24.3 Å². The summed E-state index contributed by atoms with van der Waals surface area (Å²) in [5.41, 5.74) is 1.04. The van der Waals surface area contributed by atoms with Crippen molar-refractivity contribution in [2.75, 3.05) is 6.61 Å². The maximum Gasteiger partial charge on any atom is 0.338 e. The maximum absolute atomic E-state index is 12.8. The normalized spacial score (nSPS) is 10.4. The highest BCUT2D eigenvalue weighted by molar-refractivity contribution is 6.30. The van der Waals surface area contributed by atoms with Crippen LogP contribution in [-0.4, -0.2) is 18.5 Å². The van der Waals surface area contributed by atoms with Gasteiger partial charge in [-0.1, -0.05) is 11.6 Å². The van der Waals surface area contributed by atoms with Crippen molar-refractivity contribution in [2.24, 2.45) is 0 Å². The van der Waals surface area contributed by atoms with E-state index in [4.69, 9.17) is 20.8 Å². The molecule has 7 heteroatoms. The molecule has 0 radical (unpaired) electrons. The van der Waals surface area contributed by atoms with Gasteiger partial charge in [-0.3, -0.25) is 4.79 Å². The highest BCUT2D eigenvalue weighted by Crippen LogP contribution is 2.23. The Morgan fingerprint density at radius 1 is 1.00 bits per heavy atom. The smallest absolute Gasteiger partial charge is 0.338 e. The fourth-order valence-electron chi connectivity index (χ4n) is 2.28. The van der Waals surface area contributed by atoms with Gasteiger partial charge in [-0.05, 0) is 60.7 Å². The van der Waals surface area contributed by atoms with Crippen LogP contribution in [0.2, 0.25) is 5.02 Å². The highest BCUT2D eigenvalue weighted by atomic mass is 35.5. The van der Waals surface area contributed by atoms with Crippen molar-refractivity contribution in [3.05, 3.63) is 82.8 Å². The standard InChI is InChI=1S/C20H15ClFNO4/c21-15-5-1-13(2-6-15)18-10-9-17(27-18)11-23-19(24)12-26-20(25)14-3-7-16(22)8-4-14/h1-10H,11-12H2,(H,23,24). The first-order chi connectivity index (χ1) is 13.0. The second kappa shape index (κ2) is 8.51. The monoisotopic (exact) mass is 387 g/mol. The predicted molar refractivity (Wildman–Crippen MR) is 97.7 cm³/mol. The summed E-state index contributed by atoms with van der Waals surface area (Å²) >= 11 is 5.86. The van der Waals surface area contributed by atoms with Crippen LogP contribution in [0.5, 0.6) is 0 Å². The molecule has 5 nitrogen and oxygen atoms in total. The molecule has 0 aliphatic rings. The lowest BCUT2D eigenvalue weighted by atomic mass is 10.2. The minimum absolute atomic E-state index is 0.153. The average molecular weight is 388 g/mol. The first-order valence-electron chi connectivity index (χ1n) is 8.05. The van der Waals surface area contributed by atoms with E-state index >= 15 is 0 Å². The van der Waals surface area contributed by atoms with Crippen molar-refractivity contribution in [1.29, 1.82) is 0 Å². The zero-order valence-electron chi connectivity index (χ0n) is 14.1. The molecule has 3 rings (SSSR count). The van der Waals surface area contributed by atoms with Gasteiger partial charge in [0, 0.05) is 10.6 Å². The Kier molecular flexibility index (Phi) is 5.88. The largest absolute Gasteiger partial charge is 0.459 e. The lowest BCUT2D eigenvalue weighted by molar-refractivity contribution is -0.124. The lowest BCUT2D eigenvalue weighted by Crippen LogP contribution is -2.28. The SMILES string of the molecule is O=C(COC(=O)c1ccc(F)cc1)NCc1ccc(-c2ccc(Cl)cc2)o1. The van der Waals surface area contributed by atoms with Gasteiger partial charge in [-0.2, -0.15) is 0 Å². The molecule has 27 heavy (non-hydrogen) atoms. The molecule has 0 aliphatic carbocycles.